The van der Waals surface area contributed by atoms with Crippen LogP contribution in [0.2, 0.25) is 0 Å². The van der Waals surface area contributed by atoms with Crippen LogP contribution in [0, 0.1) is 11.7 Å². The van der Waals surface area contributed by atoms with Crippen molar-refractivity contribution in [1.82, 2.24) is 9.62 Å². The van der Waals surface area contributed by atoms with Crippen LogP contribution >= 0.6 is 0 Å². The van der Waals surface area contributed by atoms with Gasteiger partial charge in [-0.2, -0.15) is 0 Å². The van der Waals surface area contributed by atoms with Gasteiger partial charge in [-0.15, -0.1) is 0 Å². The molecule has 1 N–H and O–H groups in total. The molecule has 1 fully saturated rings. The van der Waals surface area contributed by atoms with E-state index in [9.17, 15) is 17.6 Å². The summed E-state index contributed by atoms with van der Waals surface area (Å²) in [4.78, 5) is 12.3. The molecule has 0 aliphatic carbocycles. The van der Waals surface area contributed by atoms with E-state index in [0.29, 0.717) is 31.5 Å². The maximum Gasteiger partial charge on any atom is 0.223 e. The lowest BCUT2D eigenvalue weighted by Gasteiger charge is -2.30. The van der Waals surface area contributed by atoms with E-state index >= 15 is 0 Å². The second-order valence-electron chi connectivity index (χ2n) is 6.06. The van der Waals surface area contributed by atoms with E-state index in [1.54, 1.807) is 13.0 Å². The second-order valence-corrected chi connectivity index (χ2v) is 8.04. The Hall–Kier alpha value is -1.67. The summed E-state index contributed by atoms with van der Waals surface area (Å²) in [6, 6.07) is 4.23. The Balaban J connectivity index is 1.94. The molecule has 2 rings (SSSR count). The molecule has 6 nitrogen and oxygen atoms in total. The van der Waals surface area contributed by atoms with Gasteiger partial charge in [0.15, 0.2) is 11.6 Å². The summed E-state index contributed by atoms with van der Waals surface area (Å²) in [6.07, 6.45) is 2.15. The smallest absolute Gasteiger partial charge is 0.223 e. The molecule has 0 spiro atoms. The Morgan fingerprint density at radius 1 is 1.38 bits per heavy atom. The van der Waals surface area contributed by atoms with E-state index in [4.69, 9.17) is 4.74 Å². The van der Waals surface area contributed by atoms with E-state index in [0.717, 1.165) is 0 Å². The zero-order valence-corrected chi connectivity index (χ0v) is 14.9. The standard InChI is InChI=1S/C16H23FN2O4S/c1-11(13-4-5-15(23-2)14(17)10-13)18-16(20)12-6-8-19(9-7-12)24(3,21)22/h4-5,10-12H,6-9H2,1-3H3,(H,18,20)/t11-/m1/s1. The highest BCUT2D eigenvalue weighted by Crippen LogP contribution is 2.24. The number of carbonyl (C=O) groups excluding carboxylic acids is 1. The van der Waals surface area contributed by atoms with Crippen molar-refractivity contribution in [3.63, 3.8) is 0 Å². The Morgan fingerprint density at radius 2 is 2.00 bits per heavy atom. The zero-order chi connectivity index (χ0) is 17.9. The van der Waals surface area contributed by atoms with Crippen LogP contribution in [0.15, 0.2) is 18.2 Å². The van der Waals surface area contributed by atoms with Gasteiger partial charge in [0.25, 0.3) is 0 Å². The lowest BCUT2D eigenvalue weighted by molar-refractivity contribution is -0.126. The minimum absolute atomic E-state index is 0.133. The van der Waals surface area contributed by atoms with Crippen LogP contribution in [0.1, 0.15) is 31.4 Å². The maximum absolute atomic E-state index is 13.8. The number of nitrogens with zero attached hydrogens (tertiary/aromatic N) is 1. The largest absolute Gasteiger partial charge is 0.494 e. The van der Waals surface area contributed by atoms with Crippen molar-refractivity contribution in [2.24, 2.45) is 5.92 Å². The van der Waals surface area contributed by atoms with Crippen molar-refractivity contribution in [3.8, 4) is 5.75 Å². The van der Waals surface area contributed by atoms with Crippen molar-refractivity contribution in [1.29, 1.82) is 0 Å². The second kappa shape index (κ2) is 7.48. The fourth-order valence-corrected chi connectivity index (χ4v) is 3.69. The summed E-state index contributed by atoms with van der Waals surface area (Å²) in [5.41, 5.74) is 0.648. The number of benzene rings is 1. The Kier molecular flexibility index (Phi) is 5.82. The third-order valence-corrected chi connectivity index (χ3v) is 5.63. The highest BCUT2D eigenvalue weighted by Gasteiger charge is 2.29. The Labute approximate surface area is 142 Å². The highest BCUT2D eigenvalue weighted by atomic mass is 32.2. The molecule has 1 aliphatic rings. The van der Waals surface area contributed by atoms with E-state index in [1.165, 1.54) is 29.8 Å². The van der Waals surface area contributed by atoms with Crippen LogP contribution in [0.25, 0.3) is 0 Å². The first kappa shape index (κ1) is 18.7. The minimum Gasteiger partial charge on any atom is -0.494 e. The van der Waals surface area contributed by atoms with Gasteiger partial charge < -0.3 is 10.1 Å². The summed E-state index contributed by atoms with van der Waals surface area (Å²) < 4.78 is 43.0. The van der Waals surface area contributed by atoms with Crippen molar-refractivity contribution in [3.05, 3.63) is 29.6 Å². The normalized spacial score (nSPS) is 18.2. The molecule has 1 aromatic carbocycles. The predicted octanol–water partition coefficient (Wildman–Crippen LogP) is 1.68. The Bertz CT molecular complexity index is 700. The summed E-state index contributed by atoms with van der Waals surface area (Å²) in [7, 11) is -1.81. The molecule has 0 saturated carbocycles. The number of sulfonamides is 1. The number of ether oxygens (including phenoxy) is 1. The number of halogens is 1. The predicted molar refractivity (Wildman–Crippen MR) is 88.7 cm³/mol. The molecular weight excluding hydrogens is 335 g/mol. The molecule has 1 heterocycles. The average Bonchev–Trinajstić information content (AvgIpc) is 2.54. The van der Waals surface area contributed by atoms with Gasteiger partial charge in [0.1, 0.15) is 0 Å². The molecule has 0 bridgehead atoms. The lowest BCUT2D eigenvalue weighted by Crippen LogP contribution is -2.43. The van der Waals surface area contributed by atoms with Crippen molar-refractivity contribution < 1.29 is 22.3 Å². The van der Waals surface area contributed by atoms with Crippen LogP contribution in [0.5, 0.6) is 5.75 Å². The number of methoxy groups -OCH3 is 1. The van der Waals surface area contributed by atoms with E-state index in [1.807, 2.05) is 0 Å². The van der Waals surface area contributed by atoms with E-state index < -0.39 is 15.8 Å². The fraction of sp³-hybridized carbons (Fsp3) is 0.562. The van der Waals surface area contributed by atoms with Gasteiger partial charge in [-0.3, -0.25) is 4.79 Å². The summed E-state index contributed by atoms with van der Waals surface area (Å²) in [6.45, 7) is 2.48. The molecule has 24 heavy (non-hydrogen) atoms. The number of rotatable bonds is 5. The fourth-order valence-electron chi connectivity index (χ4n) is 2.82. The number of hydrogen-bond donors (Lipinski definition) is 1. The van der Waals surface area contributed by atoms with E-state index in [2.05, 4.69) is 5.32 Å². The number of hydrogen-bond acceptors (Lipinski definition) is 4. The number of amides is 1. The van der Waals surface area contributed by atoms with Crippen LogP contribution < -0.4 is 10.1 Å². The van der Waals surface area contributed by atoms with Crippen molar-refractivity contribution >= 4 is 15.9 Å². The van der Waals surface area contributed by atoms with Crippen LogP contribution in [0.4, 0.5) is 4.39 Å². The molecule has 8 heteroatoms. The molecule has 0 aromatic heterocycles. The van der Waals surface area contributed by atoms with Gasteiger partial charge in [0.05, 0.1) is 19.4 Å². The van der Waals surface area contributed by atoms with Gasteiger partial charge in [0, 0.05) is 19.0 Å². The monoisotopic (exact) mass is 358 g/mol. The Morgan fingerprint density at radius 3 is 2.50 bits per heavy atom. The molecular formula is C16H23FN2O4S. The molecule has 1 amide bonds. The zero-order valence-electron chi connectivity index (χ0n) is 14.1. The van der Waals surface area contributed by atoms with Crippen LogP contribution in [0.3, 0.4) is 0 Å². The van der Waals surface area contributed by atoms with Crippen LogP contribution in [-0.4, -0.2) is 45.1 Å². The molecule has 1 saturated heterocycles. The molecule has 0 unspecified atom stereocenters. The van der Waals surface area contributed by atoms with Crippen molar-refractivity contribution in [2.75, 3.05) is 26.5 Å². The average molecular weight is 358 g/mol. The van der Waals surface area contributed by atoms with E-state index in [-0.39, 0.29) is 23.6 Å². The molecule has 1 atom stereocenters. The van der Waals surface area contributed by atoms with Gasteiger partial charge in [-0.25, -0.2) is 17.1 Å². The molecule has 1 aromatic rings. The third-order valence-electron chi connectivity index (χ3n) is 4.33. The summed E-state index contributed by atoms with van der Waals surface area (Å²) >= 11 is 0. The third kappa shape index (κ3) is 4.45. The lowest BCUT2D eigenvalue weighted by atomic mass is 9.96. The first-order chi connectivity index (χ1) is 11.2. The minimum atomic E-state index is -3.20. The molecule has 134 valence electrons. The topological polar surface area (TPSA) is 75.7 Å². The van der Waals surface area contributed by atoms with Gasteiger partial charge in [-0.05, 0) is 37.5 Å². The van der Waals surface area contributed by atoms with Gasteiger partial charge in [0.2, 0.25) is 15.9 Å². The first-order valence-corrected chi connectivity index (χ1v) is 9.66. The highest BCUT2D eigenvalue weighted by molar-refractivity contribution is 7.88. The molecule has 1 aliphatic heterocycles. The maximum atomic E-state index is 13.8. The SMILES string of the molecule is COc1ccc([C@@H](C)NC(=O)C2CCN(S(C)(=O)=O)CC2)cc1F. The molecule has 0 radical (unpaired) electrons. The number of piperidine rings is 1. The van der Waals surface area contributed by atoms with Crippen molar-refractivity contribution in [2.45, 2.75) is 25.8 Å². The first-order valence-electron chi connectivity index (χ1n) is 7.81. The van der Waals surface area contributed by atoms with Crippen LogP contribution in [-0.2, 0) is 14.8 Å². The van der Waals surface area contributed by atoms with Gasteiger partial charge >= 0.3 is 0 Å². The van der Waals surface area contributed by atoms with Gasteiger partial charge in [-0.1, -0.05) is 6.07 Å². The number of nitrogens with one attached hydrogen (secondary N) is 1. The summed E-state index contributed by atoms with van der Waals surface area (Å²) in [5, 5.41) is 2.87. The summed E-state index contributed by atoms with van der Waals surface area (Å²) in [5.74, 6) is -0.677. The number of carbonyl (C=O) groups is 1. The quantitative estimate of drug-likeness (QED) is 0.869.